The summed E-state index contributed by atoms with van der Waals surface area (Å²) in [6, 6.07) is 14.5. The van der Waals surface area contributed by atoms with Crippen LogP contribution in [0.5, 0.6) is 0 Å². The third-order valence-electron chi connectivity index (χ3n) is 4.75. The second-order valence-corrected chi connectivity index (χ2v) is 6.65. The summed E-state index contributed by atoms with van der Waals surface area (Å²) in [6.07, 6.45) is 0. The van der Waals surface area contributed by atoms with Gasteiger partial charge in [-0.1, -0.05) is 31.2 Å². The fourth-order valence-electron chi connectivity index (χ4n) is 3.29. The number of likely N-dealkylation sites (N-methyl/N-ethyl adjacent to an activating group) is 1. The zero-order chi connectivity index (χ0) is 19.6. The van der Waals surface area contributed by atoms with Gasteiger partial charge in [0, 0.05) is 24.4 Å². The van der Waals surface area contributed by atoms with Crippen LogP contribution in [0.2, 0.25) is 0 Å². The summed E-state index contributed by atoms with van der Waals surface area (Å²) in [7, 11) is 2.99. The van der Waals surface area contributed by atoms with Crippen molar-refractivity contribution in [3.63, 3.8) is 0 Å². The Kier molecular flexibility index (Phi) is 5.26. The molecule has 0 N–H and O–H groups in total. The second kappa shape index (κ2) is 7.61. The highest BCUT2D eigenvalue weighted by atomic mass is 16.5. The van der Waals surface area contributed by atoms with Crippen LogP contribution in [0.25, 0.3) is 21.8 Å². The number of carbonyl (C=O) groups excluding carboxylic acids is 2. The summed E-state index contributed by atoms with van der Waals surface area (Å²) in [6.45, 7) is 2.06. The second-order valence-electron chi connectivity index (χ2n) is 6.65. The molecule has 27 heavy (non-hydrogen) atoms. The first-order chi connectivity index (χ1) is 12.9. The monoisotopic (exact) mass is 366 g/mol. The maximum absolute atomic E-state index is 12.8. The van der Waals surface area contributed by atoms with Gasteiger partial charge in [-0.3, -0.25) is 14.4 Å². The predicted octanol–water partition coefficient (Wildman–Crippen LogP) is 2.42. The molecule has 0 spiro atoms. The molecule has 0 saturated heterocycles. The van der Waals surface area contributed by atoms with E-state index in [0.717, 1.165) is 0 Å². The van der Waals surface area contributed by atoms with Crippen LogP contribution in [0, 0.1) is 5.92 Å². The van der Waals surface area contributed by atoms with Gasteiger partial charge in [-0.15, -0.1) is 0 Å². The molecular formula is C21H22N2O4. The van der Waals surface area contributed by atoms with E-state index >= 15 is 0 Å². The van der Waals surface area contributed by atoms with Crippen LogP contribution in [0.1, 0.15) is 6.92 Å². The molecule has 1 unspecified atom stereocenters. The largest absolute Gasteiger partial charge is 0.469 e. The first kappa shape index (κ1) is 18.6. The van der Waals surface area contributed by atoms with Gasteiger partial charge in [0.2, 0.25) is 5.91 Å². The fraction of sp³-hybridized carbons (Fsp3) is 0.286. The van der Waals surface area contributed by atoms with E-state index in [0.29, 0.717) is 21.8 Å². The number of fused-ring (bicyclic) bond motifs is 2. The van der Waals surface area contributed by atoms with Crippen LogP contribution in [0.15, 0.2) is 53.3 Å². The van der Waals surface area contributed by atoms with Gasteiger partial charge in [-0.25, -0.2) is 0 Å². The van der Waals surface area contributed by atoms with E-state index in [-0.39, 0.29) is 30.4 Å². The number of esters is 1. The number of para-hydroxylation sites is 2. The molecule has 0 aliphatic carbocycles. The summed E-state index contributed by atoms with van der Waals surface area (Å²) in [4.78, 5) is 38.7. The van der Waals surface area contributed by atoms with Crippen LogP contribution in [-0.4, -0.2) is 42.0 Å². The third-order valence-corrected chi connectivity index (χ3v) is 4.75. The molecule has 0 aliphatic rings. The number of carbonyl (C=O) groups is 2. The van der Waals surface area contributed by atoms with E-state index in [1.54, 1.807) is 26.1 Å². The zero-order valence-electron chi connectivity index (χ0n) is 15.6. The highest BCUT2D eigenvalue weighted by Crippen LogP contribution is 2.19. The van der Waals surface area contributed by atoms with Crippen molar-refractivity contribution < 1.29 is 14.3 Å². The number of nitrogens with zero attached hydrogens (tertiary/aromatic N) is 2. The van der Waals surface area contributed by atoms with E-state index in [2.05, 4.69) is 0 Å². The molecule has 6 heteroatoms. The zero-order valence-corrected chi connectivity index (χ0v) is 15.6. The molecule has 1 heterocycles. The van der Waals surface area contributed by atoms with Crippen molar-refractivity contribution in [3.8, 4) is 0 Å². The number of hydrogen-bond acceptors (Lipinski definition) is 4. The highest BCUT2D eigenvalue weighted by molar-refractivity contribution is 5.94. The number of benzene rings is 2. The molecule has 0 bridgehead atoms. The lowest BCUT2D eigenvalue weighted by atomic mass is 10.1. The number of methoxy groups -OCH3 is 1. The standard InChI is InChI=1S/C21H22N2O4/c1-14(21(26)27-3)12-22(2)19(24)13-23-17-10-6-4-8-15(17)20(25)16-9-5-7-11-18(16)23/h4-11,14H,12-13H2,1-3H3. The van der Waals surface area contributed by atoms with E-state index in [1.807, 2.05) is 41.0 Å². The Morgan fingerprint density at radius 3 is 2.07 bits per heavy atom. The summed E-state index contributed by atoms with van der Waals surface area (Å²) >= 11 is 0. The summed E-state index contributed by atoms with van der Waals surface area (Å²) in [5, 5.41) is 1.16. The minimum Gasteiger partial charge on any atom is -0.469 e. The topological polar surface area (TPSA) is 68.6 Å². The Morgan fingerprint density at radius 2 is 1.56 bits per heavy atom. The van der Waals surface area contributed by atoms with E-state index in [1.165, 1.54) is 12.0 Å². The number of aromatic nitrogens is 1. The Bertz CT molecular complexity index is 1010. The minimum atomic E-state index is -0.411. The van der Waals surface area contributed by atoms with Gasteiger partial charge in [-0.05, 0) is 24.3 Å². The van der Waals surface area contributed by atoms with Crippen molar-refractivity contribution in [3.05, 3.63) is 58.8 Å². The van der Waals surface area contributed by atoms with Crippen molar-refractivity contribution in [2.75, 3.05) is 20.7 Å². The van der Waals surface area contributed by atoms with Gasteiger partial charge in [0.15, 0.2) is 5.43 Å². The number of pyridine rings is 1. The average Bonchev–Trinajstić information content (AvgIpc) is 2.70. The molecule has 6 nitrogen and oxygen atoms in total. The molecule has 1 atom stereocenters. The van der Waals surface area contributed by atoms with Crippen molar-refractivity contribution in [1.29, 1.82) is 0 Å². The molecule has 0 radical (unpaired) electrons. The van der Waals surface area contributed by atoms with Gasteiger partial charge >= 0.3 is 5.97 Å². The summed E-state index contributed by atoms with van der Waals surface area (Å²) in [5.74, 6) is -0.912. The number of amides is 1. The molecular weight excluding hydrogens is 344 g/mol. The average molecular weight is 366 g/mol. The Labute approximate surface area is 157 Å². The lowest BCUT2D eigenvalue weighted by molar-refractivity contribution is -0.146. The molecule has 0 aliphatic heterocycles. The van der Waals surface area contributed by atoms with Gasteiger partial charge in [0.25, 0.3) is 0 Å². The number of hydrogen-bond donors (Lipinski definition) is 0. The van der Waals surface area contributed by atoms with Crippen LogP contribution in [0.4, 0.5) is 0 Å². The first-order valence-electron chi connectivity index (χ1n) is 8.76. The van der Waals surface area contributed by atoms with Crippen LogP contribution in [-0.2, 0) is 20.9 Å². The molecule has 1 amide bonds. The third kappa shape index (κ3) is 3.56. The molecule has 2 aromatic carbocycles. The minimum absolute atomic E-state index is 0.0439. The van der Waals surface area contributed by atoms with Crippen LogP contribution < -0.4 is 5.43 Å². The van der Waals surface area contributed by atoms with Crippen LogP contribution in [0.3, 0.4) is 0 Å². The lowest BCUT2D eigenvalue weighted by Gasteiger charge is -2.22. The number of ether oxygens (including phenoxy) is 1. The van der Waals surface area contributed by atoms with Gasteiger partial charge in [0.1, 0.15) is 6.54 Å². The van der Waals surface area contributed by atoms with Gasteiger partial charge < -0.3 is 14.2 Å². The summed E-state index contributed by atoms with van der Waals surface area (Å²) in [5.41, 5.74) is 1.38. The Hall–Kier alpha value is -3.15. The molecule has 0 fully saturated rings. The maximum atomic E-state index is 12.8. The smallest absolute Gasteiger partial charge is 0.310 e. The van der Waals surface area contributed by atoms with Crippen molar-refractivity contribution in [2.45, 2.75) is 13.5 Å². The number of rotatable bonds is 5. The van der Waals surface area contributed by atoms with Gasteiger partial charge in [-0.2, -0.15) is 0 Å². The molecule has 1 aromatic heterocycles. The Morgan fingerprint density at radius 1 is 1.04 bits per heavy atom. The normalized spacial score (nSPS) is 12.1. The van der Waals surface area contributed by atoms with E-state index < -0.39 is 5.92 Å². The van der Waals surface area contributed by atoms with E-state index in [9.17, 15) is 14.4 Å². The quantitative estimate of drug-likeness (QED) is 0.514. The van der Waals surface area contributed by atoms with Crippen LogP contribution >= 0.6 is 0 Å². The molecule has 140 valence electrons. The van der Waals surface area contributed by atoms with Crippen molar-refractivity contribution in [2.24, 2.45) is 5.92 Å². The molecule has 0 saturated carbocycles. The van der Waals surface area contributed by atoms with Gasteiger partial charge in [0.05, 0.1) is 24.1 Å². The Balaban J connectivity index is 2.01. The molecule has 3 aromatic rings. The van der Waals surface area contributed by atoms with Crippen molar-refractivity contribution in [1.82, 2.24) is 9.47 Å². The summed E-state index contributed by atoms with van der Waals surface area (Å²) < 4.78 is 6.58. The van der Waals surface area contributed by atoms with Crippen molar-refractivity contribution >= 4 is 33.7 Å². The molecule has 3 rings (SSSR count). The maximum Gasteiger partial charge on any atom is 0.310 e. The highest BCUT2D eigenvalue weighted by Gasteiger charge is 2.20. The SMILES string of the molecule is COC(=O)C(C)CN(C)C(=O)Cn1c2ccccc2c(=O)c2ccccc21. The first-order valence-corrected chi connectivity index (χ1v) is 8.76. The fourth-order valence-corrected chi connectivity index (χ4v) is 3.29. The predicted molar refractivity (Wildman–Crippen MR) is 105 cm³/mol. The van der Waals surface area contributed by atoms with E-state index in [4.69, 9.17) is 4.74 Å². The lowest BCUT2D eigenvalue weighted by Crippen LogP contribution is -2.36.